The van der Waals surface area contributed by atoms with E-state index in [0.717, 1.165) is 29.7 Å². The zero-order valence-corrected chi connectivity index (χ0v) is 14.7. The fraction of sp³-hybridized carbons (Fsp3) is 0.217. The Balaban J connectivity index is 1.95. The molecular formula is C23H21F3. The summed E-state index contributed by atoms with van der Waals surface area (Å²) in [6.45, 7) is 2.18. The molecule has 0 atom stereocenters. The Labute approximate surface area is 152 Å². The molecule has 3 heteroatoms. The van der Waals surface area contributed by atoms with Crippen LogP contribution in [0.25, 0.3) is 22.3 Å². The summed E-state index contributed by atoms with van der Waals surface area (Å²) in [6, 6.07) is 17.7. The maximum absolute atomic E-state index is 13.6. The number of hydrogen-bond acceptors (Lipinski definition) is 0. The molecule has 0 N–H and O–H groups in total. The molecule has 0 aromatic heterocycles. The van der Waals surface area contributed by atoms with Crippen LogP contribution in [0.1, 0.15) is 31.7 Å². The maximum Gasteiger partial charge on any atom is 0.194 e. The maximum atomic E-state index is 13.6. The van der Waals surface area contributed by atoms with Gasteiger partial charge in [0.15, 0.2) is 17.5 Å². The van der Waals surface area contributed by atoms with Gasteiger partial charge in [-0.3, -0.25) is 0 Å². The average Bonchev–Trinajstić information content (AvgIpc) is 2.66. The van der Waals surface area contributed by atoms with Crippen LogP contribution in [0.5, 0.6) is 0 Å². The van der Waals surface area contributed by atoms with E-state index in [2.05, 4.69) is 19.1 Å². The molecule has 0 amide bonds. The molecule has 0 spiro atoms. The van der Waals surface area contributed by atoms with Crippen LogP contribution in [-0.2, 0) is 6.42 Å². The molecule has 0 radical (unpaired) electrons. The highest BCUT2D eigenvalue weighted by molar-refractivity contribution is 5.83. The van der Waals surface area contributed by atoms with Gasteiger partial charge in [0.2, 0.25) is 0 Å². The Morgan fingerprint density at radius 1 is 0.692 bits per heavy atom. The van der Waals surface area contributed by atoms with Crippen molar-refractivity contribution in [3.8, 4) is 22.3 Å². The molecule has 0 bridgehead atoms. The molecule has 3 aromatic carbocycles. The van der Waals surface area contributed by atoms with Gasteiger partial charge in [0.25, 0.3) is 0 Å². The summed E-state index contributed by atoms with van der Waals surface area (Å²) in [4.78, 5) is 0. The molecular weight excluding hydrogens is 333 g/mol. The van der Waals surface area contributed by atoms with E-state index in [1.165, 1.54) is 24.8 Å². The van der Waals surface area contributed by atoms with Gasteiger partial charge in [-0.2, -0.15) is 0 Å². The predicted molar refractivity (Wildman–Crippen MR) is 100 cm³/mol. The minimum absolute atomic E-state index is 0.323. The molecule has 134 valence electrons. The van der Waals surface area contributed by atoms with Gasteiger partial charge in [-0.25, -0.2) is 13.2 Å². The standard InChI is InChI=1S/C23H21F3/c1-2-3-4-7-16-10-12-17(13-11-16)19-8-5-6-9-20(19)18-14-21(24)23(26)22(25)15-18/h5-6,8-15H,2-4,7H2,1H3. The second kappa shape index (κ2) is 8.22. The second-order valence-electron chi connectivity index (χ2n) is 6.45. The number of halogens is 3. The van der Waals surface area contributed by atoms with Crippen LogP contribution < -0.4 is 0 Å². The molecule has 0 nitrogen and oxygen atoms in total. The number of aryl methyl sites for hydroxylation is 1. The summed E-state index contributed by atoms with van der Waals surface area (Å²) in [5.41, 5.74) is 4.09. The van der Waals surface area contributed by atoms with Gasteiger partial charge in [-0.05, 0) is 52.8 Å². The van der Waals surface area contributed by atoms with Gasteiger partial charge in [0.05, 0.1) is 0 Å². The van der Waals surface area contributed by atoms with Crippen molar-refractivity contribution < 1.29 is 13.2 Å². The third-order valence-corrected chi connectivity index (χ3v) is 4.56. The van der Waals surface area contributed by atoms with Crippen molar-refractivity contribution in [3.05, 3.63) is 83.7 Å². The summed E-state index contributed by atoms with van der Waals surface area (Å²) in [7, 11) is 0. The van der Waals surface area contributed by atoms with Gasteiger partial charge in [0, 0.05) is 0 Å². The van der Waals surface area contributed by atoms with E-state index in [1.807, 2.05) is 24.3 Å². The van der Waals surface area contributed by atoms with Gasteiger partial charge in [-0.1, -0.05) is 68.3 Å². The largest absolute Gasteiger partial charge is 0.204 e. The molecule has 0 unspecified atom stereocenters. The summed E-state index contributed by atoms with van der Waals surface area (Å²) in [6.07, 6.45) is 4.62. The first kappa shape index (κ1) is 18.2. The Hall–Kier alpha value is -2.55. The Morgan fingerprint density at radius 2 is 1.27 bits per heavy atom. The molecule has 0 aliphatic heterocycles. The molecule has 0 saturated heterocycles. The van der Waals surface area contributed by atoms with Crippen LogP contribution in [0.15, 0.2) is 60.7 Å². The Morgan fingerprint density at radius 3 is 1.85 bits per heavy atom. The van der Waals surface area contributed by atoms with Gasteiger partial charge in [0.1, 0.15) is 0 Å². The van der Waals surface area contributed by atoms with Crippen LogP contribution in [0.2, 0.25) is 0 Å². The van der Waals surface area contributed by atoms with E-state index in [4.69, 9.17) is 0 Å². The quantitative estimate of drug-likeness (QED) is 0.325. The van der Waals surface area contributed by atoms with E-state index in [9.17, 15) is 13.2 Å². The minimum atomic E-state index is -1.44. The lowest BCUT2D eigenvalue weighted by Gasteiger charge is -2.12. The summed E-state index contributed by atoms with van der Waals surface area (Å²) >= 11 is 0. The SMILES string of the molecule is CCCCCc1ccc(-c2ccccc2-c2cc(F)c(F)c(F)c2)cc1. The van der Waals surface area contributed by atoms with Gasteiger partial charge >= 0.3 is 0 Å². The topological polar surface area (TPSA) is 0 Å². The predicted octanol–water partition coefficient (Wildman–Crippen LogP) is 7.17. The molecule has 0 fully saturated rings. The van der Waals surface area contributed by atoms with Crippen LogP contribution in [-0.4, -0.2) is 0 Å². The van der Waals surface area contributed by atoms with Crippen LogP contribution >= 0.6 is 0 Å². The van der Waals surface area contributed by atoms with Crippen LogP contribution in [0.4, 0.5) is 13.2 Å². The zero-order valence-electron chi connectivity index (χ0n) is 14.7. The van der Waals surface area contributed by atoms with Crippen molar-refractivity contribution in [3.63, 3.8) is 0 Å². The lowest BCUT2D eigenvalue weighted by atomic mass is 9.93. The summed E-state index contributed by atoms with van der Waals surface area (Å²) < 4.78 is 40.6. The first-order valence-corrected chi connectivity index (χ1v) is 8.93. The van der Waals surface area contributed by atoms with Gasteiger partial charge in [-0.15, -0.1) is 0 Å². The number of hydrogen-bond donors (Lipinski definition) is 0. The lowest BCUT2D eigenvalue weighted by molar-refractivity contribution is 0.448. The summed E-state index contributed by atoms with van der Waals surface area (Å²) in [5, 5.41) is 0. The van der Waals surface area contributed by atoms with E-state index < -0.39 is 17.5 Å². The first-order valence-electron chi connectivity index (χ1n) is 8.93. The normalized spacial score (nSPS) is 10.9. The van der Waals surface area contributed by atoms with Crippen molar-refractivity contribution in [2.24, 2.45) is 0 Å². The molecule has 26 heavy (non-hydrogen) atoms. The van der Waals surface area contributed by atoms with Crippen molar-refractivity contribution in [2.45, 2.75) is 32.6 Å². The highest BCUT2D eigenvalue weighted by Crippen LogP contribution is 2.33. The third-order valence-electron chi connectivity index (χ3n) is 4.56. The number of unbranched alkanes of at least 4 members (excludes halogenated alkanes) is 2. The minimum Gasteiger partial charge on any atom is -0.204 e. The molecule has 3 aromatic rings. The zero-order chi connectivity index (χ0) is 18.5. The number of rotatable bonds is 6. The molecule has 0 aliphatic rings. The van der Waals surface area contributed by atoms with E-state index >= 15 is 0 Å². The van der Waals surface area contributed by atoms with Crippen LogP contribution in [0, 0.1) is 17.5 Å². The van der Waals surface area contributed by atoms with Crippen molar-refractivity contribution in [1.82, 2.24) is 0 Å². The lowest BCUT2D eigenvalue weighted by Crippen LogP contribution is -1.93. The number of benzene rings is 3. The third kappa shape index (κ3) is 3.98. The average molecular weight is 354 g/mol. The van der Waals surface area contributed by atoms with Crippen LogP contribution in [0.3, 0.4) is 0 Å². The fourth-order valence-corrected chi connectivity index (χ4v) is 3.13. The molecule has 0 aliphatic carbocycles. The highest BCUT2D eigenvalue weighted by Gasteiger charge is 2.14. The van der Waals surface area contributed by atoms with Crippen molar-refractivity contribution >= 4 is 0 Å². The molecule has 0 heterocycles. The Kier molecular flexibility index (Phi) is 5.77. The molecule has 0 saturated carbocycles. The highest BCUT2D eigenvalue weighted by atomic mass is 19.2. The molecule has 3 rings (SSSR count). The van der Waals surface area contributed by atoms with Gasteiger partial charge < -0.3 is 0 Å². The monoisotopic (exact) mass is 354 g/mol. The van der Waals surface area contributed by atoms with E-state index in [-0.39, 0.29) is 0 Å². The van der Waals surface area contributed by atoms with E-state index in [0.29, 0.717) is 11.1 Å². The van der Waals surface area contributed by atoms with E-state index in [1.54, 1.807) is 12.1 Å². The van der Waals surface area contributed by atoms with Crippen molar-refractivity contribution in [2.75, 3.05) is 0 Å². The Bertz CT molecular complexity index is 859. The summed E-state index contributed by atoms with van der Waals surface area (Å²) in [5.74, 6) is -3.80. The smallest absolute Gasteiger partial charge is 0.194 e. The first-order chi connectivity index (χ1) is 12.6. The second-order valence-corrected chi connectivity index (χ2v) is 6.45. The van der Waals surface area contributed by atoms with Crippen molar-refractivity contribution in [1.29, 1.82) is 0 Å². The fourth-order valence-electron chi connectivity index (χ4n) is 3.13.